The zero-order valence-corrected chi connectivity index (χ0v) is 11.8. The van der Waals surface area contributed by atoms with Crippen molar-refractivity contribution < 1.29 is 9.90 Å². The summed E-state index contributed by atoms with van der Waals surface area (Å²) in [5.74, 6) is -0.0867. The molecule has 1 amide bonds. The Morgan fingerprint density at radius 1 is 1.26 bits per heavy atom. The van der Waals surface area contributed by atoms with Crippen molar-refractivity contribution in [2.24, 2.45) is 0 Å². The van der Waals surface area contributed by atoms with E-state index in [0.29, 0.717) is 0 Å². The number of carbonyl (C=O) groups excluding carboxylic acids is 1. The van der Waals surface area contributed by atoms with Crippen LogP contribution in [-0.2, 0) is 4.79 Å². The van der Waals surface area contributed by atoms with Gasteiger partial charge in [0.05, 0.1) is 12.0 Å². The lowest BCUT2D eigenvalue weighted by Crippen LogP contribution is -2.36. The number of benzene rings is 1. The van der Waals surface area contributed by atoms with Gasteiger partial charge in [0.1, 0.15) is 0 Å². The highest BCUT2D eigenvalue weighted by Crippen LogP contribution is 2.31. The molecule has 3 nitrogen and oxygen atoms in total. The molecular weight excluding hydrogens is 238 g/mol. The second-order valence-corrected chi connectivity index (χ2v) is 5.83. The molecule has 2 N–H and O–H groups in total. The van der Waals surface area contributed by atoms with Crippen molar-refractivity contribution in [3.63, 3.8) is 0 Å². The largest absolute Gasteiger partial charge is 0.389 e. The molecule has 1 saturated carbocycles. The van der Waals surface area contributed by atoms with Gasteiger partial charge in [-0.3, -0.25) is 4.79 Å². The molecule has 2 rings (SSSR count). The molecular formula is C16H23NO2. The maximum atomic E-state index is 12.1. The Bertz CT molecular complexity index is 462. The molecule has 0 aromatic heterocycles. The number of nitrogens with one attached hydrogen (secondary N) is 1. The monoisotopic (exact) mass is 261 g/mol. The highest BCUT2D eigenvalue weighted by atomic mass is 16.3. The minimum atomic E-state index is -0.791. The number of aliphatic hydroxyl groups is 1. The van der Waals surface area contributed by atoms with Crippen LogP contribution in [0, 0.1) is 13.8 Å². The molecule has 1 aliphatic rings. The Kier molecular flexibility index (Phi) is 4.25. The minimum Gasteiger partial charge on any atom is -0.389 e. The number of rotatable bonds is 3. The third-order valence-corrected chi connectivity index (χ3v) is 3.93. The van der Waals surface area contributed by atoms with Crippen LogP contribution in [0.15, 0.2) is 18.2 Å². The van der Waals surface area contributed by atoms with E-state index in [1.165, 1.54) is 12.0 Å². The Labute approximate surface area is 115 Å². The van der Waals surface area contributed by atoms with E-state index in [2.05, 4.69) is 5.32 Å². The number of amides is 1. The zero-order valence-electron chi connectivity index (χ0n) is 11.8. The van der Waals surface area contributed by atoms with Crippen molar-refractivity contribution in [1.82, 2.24) is 0 Å². The summed E-state index contributed by atoms with van der Waals surface area (Å²) in [5, 5.41) is 13.3. The van der Waals surface area contributed by atoms with Gasteiger partial charge in [0, 0.05) is 5.69 Å². The number of anilines is 1. The van der Waals surface area contributed by atoms with E-state index < -0.39 is 5.60 Å². The van der Waals surface area contributed by atoms with Gasteiger partial charge in [-0.1, -0.05) is 37.0 Å². The quantitative estimate of drug-likeness (QED) is 0.876. The van der Waals surface area contributed by atoms with Crippen molar-refractivity contribution in [1.29, 1.82) is 0 Å². The summed E-state index contributed by atoms with van der Waals surface area (Å²) in [6.07, 6.45) is 4.91. The summed E-state index contributed by atoms with van der Waals surface area (Å²) in [5.41, 5.74) is 2.29. The summed E-state index contributed by atoms with van der Waals surface area (Å²) in [6.45, 7) is 4.02. The second-order valence-electron chi connectivity index (χ2n) is 5.83. The van der Waals surface area contributed by atoms with Crippen LogP contribution in [0.5, 0.6) is 0 Å². The van der Waals surface area contributed by atoms with Gasteiger partial charge in [0.25, 0.3) is 0 Å². The van der Waals surface area contributed by atoms with Crippen molar-refractivity contribution in [3.8, 4) is 0 Å². The fourth-order valence-corrected chi connectivity index (χ4v) is 2.83. The normalized spacial score (nSPS) is 18.1. The molecule has 0 unspecified atom stereocenters. The Balaban J connectivity index is 1.97. The molecule has 0 saturated heterocycles. The topological polar surface area (TPSA) is 49.3 Å². The smallest absolute Gasteiger partial charge is 0.227 e. The lowest BCUT2D eigenvalue weighted by Gasteiger charge is -2.31. The molecule has 19 heavy (non-hydrogen) atoms. The average Bonchev–Trinajstić information content (AvgIpc) is 2.33. The molecule has 1 aromatic carbocycles. The van der Waals surface area contributed by atoms with E-state index in [0.717, 1.165) is 36.9 Å². The highest BCUT2D eigenvalue weighted by molar-refractivity contribution is 5.92. The molecule has 0 bridgehead atoms. The molecule has 0 aliphatic heterocycles. The third kappa shape index (κ3) is 3.80. The fourth-order valence-electron chi connectivity index (χ4n) is 2.83. The maximum absolute atomic E-state index is 12.1. The lowest BCUT2D eigenvalue weighted by atomic mass is 9.82. The fraction of sp³-hybridized carbons (Fsp3) is 0.562. The molecule has 3 heteroatoms. The van der Waals surface area contributed by atoms with Gasteiger partial charge in [0.15, 0.2) is 0 Å². The van der Waals surface area contributed by atoms with Crippen LogP contribution < -0.4 is 5.32 Å². The molecule has 0 atom stereocenters. The average molecular weight is 261 g/mol. The first-order chi connectivity index (χ1) is 8.98. The van der Waals surface area contributed by atoms with Gasteiger partial charge in [-0.15, -0.1) is 0 Å². The second kappa shape index (κ2) is 5.74. The van der Waals surface area contributed by atoms with Gasteiger partial charge in [-0.05, 0) is 38.3 Å². The van der Waals surface area contributed by atoms with Crippen LogP contribution in [0.3, 0.4) is 0 Å². The first-order valence-corrected chi connectivity index (χ1v) is 7.08. The van der Waals surface area contributed by atoms with E-state index in [-0.39, 0.29) is 12.3 Å². The third-order valence-electron chi connectivity index (χ3n) is 3.93. The van der Waals surface area contributed by atoms with Crippen LogP contribution in [0.2, 0.25) is 0 Å². The molecule has 1 aromatic rings. The van der Waals surface area contributed by atoms with Gasteiger partial charge in [0.2, 0.25) is 5.91 Å². The van der Waals surface area contributed by atoms with E-state index in [4.69, 9.17) is 0 Å². The van der Waals surface area contributed by atoms with E-state index in [1.807, 2.05) is 32.0 Å². The minimum absolute atomic E-state index is 0.0867. The summed E-state index contributed by atoms with van der Waals surface area (Å²) in [7, 11) is 0. The standard InChI is InChI=1S/C16H23NO2/c1-12-6-7-14(13(2)10-12)17-15(18)11-16(19)8-4-3-5-9-16/h6-7,10,19H,3-5,8-9,11H2,1-2H3,(H,17,18). The van der Waals surface area contributed by atoms with Crippen molar-refractivity contribution >= 4 is 11.6 Å². The molecule has 0 heterocycles. The number of carbonyl (C=O) groups is 1. The maximum Gasteiger partial charge on any atom is 0.227 e. The molecule has 1 fully saturated rings. The van der Waals surface area contributed by atoms with E-state index in [9.17, 15) is 9.90 Å². The van der Waals surface area contributed by atoms with Crippen molar-refractivity contribution in [2.45, 2.75) is 58.0 Å². The van der Waals surface area contributed by atoms with Gasteiger partial charge in [-0.2, -0.15) is 0 Å². The Morgan fingerprint density at radius 3 is 2.58 bits per heavy atom. The first kappa shape index (κ1) is 14.1. The van der Waals surface area contributed by atoms with Crippen LogP contribution >= 0.6 is 0 Å². The number of aryl methyl sites for hydroxylation is 2. The lowest BCUT2D eigenvalue weighted by molar-refractivity contribution is -0.122. The van der Waals surface area contributed by atoms with E-state index >= 15 is 0 Å². The molecule has 1 aliphatic carbocycles. The first-order valence-electron chi connectivity index (χ1n) is 7.08. The van der Waals surface area contributed by atoms with Gasteiger partial charge in [-0.25, -0.2) is 0 Å². The highest BCUT2D eigenvalue weighted by Gasteiger charge is 2.31. The van der Waals surface area contributed by atoms with Crippen molar-refractivity contribution in [3.05, 3.63) is 29.3 Å². The molecule has 0 radical (unpaired) electrons. The Hall–Kier alpha value is -1.35. The predicted octanol–water partition coefficient (Wildman–Crippen LogP) is 3.33. The SMILES string of the molecule is Cc1ccc(NC(=O)CC2(O)CCCCC2)c(C)c1. The molecule has 104 valence electrons. The Morgan fingerprint density at radius 2 is 1.95 bits per heavy atom. The van der Waals surface area contributed by atoms with Crippen LogP contribution in [0.1, 0.15) is 49.7 Å². The zero-order chi connectivity index (χ0) is 13.9. The summed E-state index contributed by atoms with van der Waals surface area (Å²) in [4.78, 5) is 12.1. The van der Waals surface area contributed by atoms with E-state index in [1.54, 1.807) is 0 Å². The van der Waals surface area contributed by atoms with Gasteiger partial charge < -0.3 is 10.4 Å². The van der Waals surface area contributed by atoms with Crippen LogP contribution in [0.25, 0.3) is 0 Å². The van der Waals surface area contributed by atoms with Gasteiger partial charge >= 0.3 is 0 Å². The number of hydrogen-bond donors (Lipinski definition) is 2. The molecule has 0 spiro atoms. The van der Waals surface area contributed by atoms with Crippen molar-refractivity contribution in [2.75, 3.05) is 5.32 Å². The summed E-state index contributed by atoms with van der Waals surface area (Å²) < 4.78 is 0. The predicted molar refractivity (Wildman–Crippen MR) is 77.2 cm³/mol. The van der Waals surface area contributed by atoms with Crippen LogP contribution in [-0.4, -0.2) is 16.6 Å². The summed E-state index contributed by atoms with van der Waals surface area (Å²) in [6, 6.07) is 5.95. The summed E-state index contributed by atoms with van der Waals surface area (Å²) >= 11 is 0. The van der Waals surface area contributed by atoms with Crippen LogP contribution in [0.4, 0.5) is 5.69 Å². The number of hydrogen-bond acceptors (Lipinski definition) is 2.